The van der Waals surface area contributed by atoms with E-state index in [-0.39, 0.29) is 50.1 Å². The van der Waals surface area contributed by atoms with Crippen molar-refractivity contribution in [3.05, 3.63) is 198 Å². The van der Waals surface area contributed by atoms with Crippen LogP contribution in [-0.4, -0.2) is 3.21 Å². The molecule has 0 atom stereocenters. The van der Waals surface area contributed by atoms with Crippen LogP contribution in [0.5, 0.6) is 0 Å². The summed E-state index contributed by atoms with van der Waals surface area (Å²) >= 11 is -3.34. The number of fused-ring (bicyclic) bond motifs is 3. The van der Waals surface area contributed by atoms with E-state index >= 15 is 0 Å². The van der Waals surface area contributed by atoms with Crippen molar-refractivity contribution in [1.82, 2.24) is 0 Å². The van der Waals surface area contributed by atoms with E-state index in [2.05, 4.69) is 150 Å². The van der Waals surface area contributed by atoms with Crippen LogP contribution in [0, 0.1) is 0 Å². The zero-order chi connectivity index (χ0) is 49.5. The van der Waals surface area contributed by atoms with E-state index in [1.807, 2.05) is 24.3 Å². The van der Waals surface area contributed by atoms with Crippen molar-refractivity contribution >= 4 is 3.21 Å². The van der Waals surface area contributed by atoms with Gasteiger partial charge in [0.25, 0.3) is 0 Å². The van der Waals surface area contributed by atoms with E-state index < -0.39 is 44.7 Å². The molecule has 9 heteroatoms. The minimum absolute atomic E-state index is 0. The average molecular weight is 1070 g/mol. The fraction of sp³-hybridized carbons (Fsp3) is 0.328. The predicted molar refractivity (Wildman–Crippen MR) is 267 cm³/mol. The smallest absolute Gasteiger partial charge is 1.00 e. The molecule has 0 amide bonds. The molecular formula is C61H62Cl2F6Zr. The summed E-state index contributed by atoms with van der Waals surface area (Å²) in [4.78, 5) is 0. The number of alkyl halides is 6. The molecule has 0 radical (unpaired) electrons. The van der Waals surface area contributed by atoms with Gasteiger partial charge in [-0.05, 0) is 0 Å². The number of allylic oxidation sites excluding steroid dienone is 4. The van der Waals surface area contributed by atoms with Crippen LogP contribution in [-0.2, 0) is 55.3 Å². The first-order chi connectivity index (χ1) is 31.5. The van der Waals surface area contributed by atoms with Crippen LogP contribution < -0.4 is 24.8 Å². The van der Waals surface area contributed by atoms with Crippen molar-refractivity contribution in [2.24, 2.45) is 0 Å². The molecule has 0 aromatic heterocycles. The van der Waals surface area contributed by atoms with Crippen LogP contribution in [0.15, 0.2) is 143 Å². The topological polar surface area (TPSA) is 0 Å². The normalized spacial score (nSPS) is 14.0. The molecule has 8 rings (SSSR count). The van der Waals surface area contributed by atoms with Crippen molar-refractivity contribution in [3.8, 4) is 33.4 Å². The van der Waals surface area contributed by atoms with E-state index in [0.717, 1.165) is 52.9 Å². The van der Waals surface area contributed by atoms with Crippen LogP contribution in [0.2, 0.25) is 0 Å². The third-order valence-corrected chi connectivity index (χ3v) is 21.9. The molecule has 70 heavy (non-hydrogen) atoms. The van der Waals surface area contributed by atoms with Gasteiger partial charge >= 0.3 is 410 Å². The maximum atomic E-state index is 13.6. The quantitative estimate of drug-likeness (QED) is 0.146. The number of hydrogen-bond donors (Lipinski definition) is 0. The Labute approximate surface area is 431 Å². The molecule has 0 nitrogen and oxygen atoms in total. The number of hydrogen-bond acceptors (Lipinski definition) is 0. The standard InChI is InChI=1S/C29H41.C27H16F6.C5H5.2ClH.Zr/c1-26(2,3)22-14-18-13-19-15-23(27(4,5)6)25(29(10,11)12)17-21(19)20(18)16-24(22)28(7,8)9;28-26(29,30)24-13-9-22(10-14-24)20-5-1-18(2-6-20)17-19-3-7-21(8-4-19)23-11-15-25(16-12-23)27(31,32)33;1-2-4-5-3-1;;;/h13-17H,1-12H3;1-16H;1-3H,4H2;2*1H;/q;;;;;+2/p-2. The van der Waals surface area contributed by atoms with Crippen molar-refractivity contribution in [3.63, 3.8) is 0 Å². The second-order valence-electron chi connectivity index (χ2n) is 22.8. The van der Waals surface area contributed by atoms with Gasteiger partial charge in [-0.1, -0.05) is 0 Å². The van der Waals surface area contributed by atoms with Crippen molar-refractivity contribution in [2.75, 3.05) is 0 Å². The van der Waals surface area contributed by atoms with Gasteiger partial charge in [-0.25, -0.2) is 0 Å². The molecule has 0 N–H and O–H groups in total. The Bertz CT molecular complexity index is 2790. The SMILES string of the molecule is CC(C)(C)c1cc2c(cc1C(C)(C)C)[CH]([Zr+2]([C]1=CC=CC1)=[C](c1ccc(-c3ccc(C(F)(F)F)cc3)cc1)c1ccc(-c3ccc(C(F)(F)F)cc3)cc1)c1cc(C(C)(C)C)c(C(C)(C)C)cc1-2.[Cl-].[Cl-]. The molecule has 0 aliphatic heterocycles. The zero-order valence-electron chi connectivity index (χ0n) is 42.1. The minimum Gasteiger partial charge on any atom is -1.00 e. The second kappa shape index (κ2) is 19.6. The first-order valence-corrected chi connectivity index (χ1v) is 27.4. The van der Waals surface area contributed by atoms with Crippen LogP contribution in [0.25, 0.3) is 33.4 Å². The number of halogens is 8. The molecule has 0 unspecified atom stereocenters. The summed E-state index contributed by atoms with van der Waals surface area (Å²) in [6, 6.07) is 37.4. The first-order valence-electron chi connectivity index (χ1n) is 23.6. The molecule has 0 spiro atoms. The van der Waals surface area contributed by atoms with Crippen molar-refractivity contribution in [1.29, 1.82) is 0 Å². The third kappa shape index (κ3) is 11.0. The summed E-state index contributed by atoms with van der Waals surface area (Å²) < 4.78 is 84.3. The second-order valence-corrected chi connectivity index (χ2v) is 29.1. The maximum Gasteiger partial charge on any atom is -1.00 e. The van der Waals surface area contributed by atoms with E-state index in [0.29, 0.717) is 11.1 Å². The van der Waals surface area contributed by atoms with Crippen LogP contribution in [0.1, 0.15) is 149 Å². The molecule has 2 aliphatic rings. The Morgan fingerprint density at radius 2 is 0.729 bits per heavy atom. The van der Waals surface area contributed by atoms with Crippen molar-refractivity contribution < 1.29 is 72.4 Å². The Morgan fingerprint density at radius 1 is 0.429 bits per heavy atom. The molecule has 2 aliphatic carbocycles. The predicted octanol–water partition coefficient (Wildman–Crippen LogP) is 12.1. The molecule has 6 aromatic carbocycles. The van der Waals surface area contributed by atoms with E-state index in [1.54, 1.807) is 0 Å². The van der Waals surface area contributed by atoms with Gasteiger partial charge in [0.15, 0.2) is 0 Å². The zero-order valence-corrected chi connectivity index (χ0v) is 46.1. The molecule has 0 bridgehead atoms. The Hall–Kier alpha value is -4.29. The summed E-state index contributed by atoms with van der Waals surface area (Å²) in [5.41, 5.74) is 14.0. The Morgan fingerprint density at radius 3 is 1.00 bits per heavy atom. The third-order valence-electron chi connectivity index (χ3n) is 13.6. The van der Waals surface area contributed by atoms with Gasteiger partial charge < -0.3 is 24.8 Å². The first kappa shape index (κ1) is 55.0. The fourth-order valence-electron chi connectivity index (χ4n) is 10.1. The summed E-state index contributed by atoms with van der Waals surface area (Å²) in [6.45, 7) is 27.7. The van der Waals surface area contributed by atoms with Gasteiger partial charge in [0.05, 0.1) is 0 Å². The van der Waals surface area contributed by atoms with E-state index in [4.69, 9.17) is 0 Å². The van der Waals surface area contributed by atoms with Crippen LogP contribution in [0.3, 0.4) is 0 Å². The monoisotopic (exact) mass is 1070 g/mol. The van der Waals surface area contributed by atoms with Crippen LogP contribution >= 0.6 is 0 Å². The van der Waals surface area contributed by atoms with E-state index in [9.17, 15) is 26.3 Å². The molecule has 0 saturated heterocycles. The van der Waals surface area contributed by atoms with Crippen LogP contribution in [0.4, 0.5) is 26.3 Å². The van der Waals surface area contributed by atoms with Gasteiger partial charge in [-0.2, -0.15) is 0 Å². The molecule has 0 saturated carbocycles. The Balaban J connectivity index is 0.00000402. The number of benzene rings is 6. The van der Waals surface area contributed by atoms with Gasteiger partial charge in [0.1, 0.15) is 0 Å². The van der Waals surface area contributed by atoms with Gasteiger partial charge in [-0.15, -0.1) is 0 Å². The minimum atomic E-state index is -4.43. The van der Waals surface area contributed by atoms with Gasteiger partial charge in [0.2, 0.25) is 0 Å². The average Bonchev–Trinajstić information content (AvgIpc) is 3.90. The molecule has 6 aromatic rings. The summed E-state index contributed by atoms with van der Waals surface area (Å²) in [7, 11) is 0. The maximum absolute atomic E-state index is 13.6. The molecule has 0 heterocycles. The largest absolute Gasteiger partial charge is 1.00 e. The van der Waals surface area contributed by atoms with E-state index in [1.165, 1.54) is 75.3 Å². The van der Waals surface area contributed by atoms with Gasteiger partial charge in [-0.3, -0.25) is 0 Å². The summed E-state index contributed by atoms with van der Waals surface area (Å²) in [6.07, 6.45) is -1.22. The molecule has 366 valence electrons. The number of rotatable bonds is 6. The summed E-state index contributed by atoms with van der Waals surface area (Å²) in [5, 5.41) is 0. The molecular weight excluding hydrogens is 1010 g/mol. The van der Waals surface area contributed by atoms with Gasteiger partial charge in [0, 0.05) is 0 Å². The molecule has 0 fully saturated rings. The Kier molecular flexibility index (Phi) is 15.4. The van der Waals surface area contributed by atoms with Crippen molar-refractivity contribution in [2.45, 2.75) is 127 Å². The fourth-order valence-corrected chi connectivity index (χ4v) is 19.1. The summed E-state index contributed by atoms with van der Waals surface area (Å²) in [5.74, 6) is 0.